The Morgan fingerprint density at radius 3 is 2.38 bits per heavy atom. The fourth-order valence-electron chi connectivity index (χ4n) is 2.75. The van der Waals surface area contributed by atoms with Crippen LogP contribution < -0.4 is 5.32 Å². The second-order valence-electron chi connectivity index (χ2n) is 5.62. The van der Waals surface area contributed by atoms with Gasteiger partial charge >= 0.3 is 11.7 Å². The molecule has 0 radical (unpaired) electrons. The average molecular weight is 371 g/mol. The Labute approximate surface area is 139 Å². The molecular weight excluding hydrogens is 356 g/mol. The van der Waals surface area contributed by atoms with E-state index in [9.17, 15) is 31.1 Å². The number of halogens is 6. The van der Waals surface area contributed by atoms with Crippen LogP contribution in [0.1, 0.15) is 36.0 Å². The first kappa shape index (κ1) is 19.0. The molecule has 9 heteroatoms. The van der Waals surface area contributed by atoms with Gasteiger partial charge in [-0.2, -0.15) is 26.3 Å². The Balaban J connectivity index is 2.07. The van der Waals surface area contributed by atoms with E-state index in [1.54, 1.807) is 0 Å². The Hall–Kier alpha value is -1.38. The summed E-state index contributed by atoms with van der Waals surface area (Å²) in [6.07, 6.45) is -3.87. The van der Waals surface area contributed by atoms with Crippen molar-refractivity contribution in [3.8, 4) is 0 Å². The minimum absolute atomic E-state index is 0.0103. The second kappa shape index (κ2) is 7.25. The second-order valence-corrected chi connectivity index (χ2v) is 6.73. The molecule has 0 saturated heterocycles. The predicted molar refractivity (Wildman–Crippen MR) is 77.6 cm³/mol. The van der Waals surface area contributed by atoms with Crippen LogP contribution in [0.4, 0.5) is 26.3 Å². The summed E-state index contributed by atoms with van der Waals surface area (Å²) in [4.78, 5) is 11.9. The van der Waals surface area contributed by atoms with Crippen molar-refractivity contribution in [1.82, 2.24) is 5.32 Å². The maximum Gasteiger partial charge on any atom is 0.446 e. The zero-order valence-electron chi connectivity index (χ0n) is 12.4. The summed E-state index contributed by atoms with van der Waals surface area (Å²) in [5.74, 6) is -2.27. The quantitative estimate of drug-likeness (QED) is 0.588. The molecule has 1 N–H and O–H groups in total. The fraction of sp³-hybridized carbons (Fsp3) is 0.533. The molecule has 2 unspecified atom stereocenters. The van der Waals surface area contributed by atoms with Gasteiger partial charge in [-0.25, -0.2) is 0 Å². The van der Waals surface area contributed by atoms with E-state index in [0.717, 1.165) is 6.07 Å². The lowest BCUT2D eigenvalue weighted by Gasteiger charge is -2.31. The lowest BCUT2D eigenvalue weighted by molar-refractivity contribution is -0.183. The van der Waals surface area contributed by atoms with Gasteiger partial charge in [-0.3, -0.25) is 4.79 Å². The van der Waals surface area contributed by atoms with Crippen molar-refractivity contribution in [2.75, 3.05) is 0 Å². The van der Waals surface area contributed by atoms with Crippen molar-refractivity contribution < 1.29 is 31.1 Å². The van der Waals surface area contributed by atoms with E-state index in [4.69, 9.17) is 0 Å². The zero-order chi connectivity index (χ0) is 18.0. The Morgan fingerprint density at radius 2 is 1.75 bits per heavy atom. The van der Waals surface area contributed by atoms with Crippen LogP contribution in [0.3, 0.4) is 0 Å². The van der Waals surface area contributed by atoms with Crippen LogP contribution in [0.2, 0.25) is 0 Å². The number of amides is 1. The van der Waals surface area contributed by atoms with Crippen LogP contribution in [0.25, 0.3) is 0 Å². The van der Waals surface area contributed by atoms with E-state index in [2.05, 4.69) is 5.32 Å². The molecule has 0 spiro atoms. The number of hydrogen-bond donors (Lipinski definition) is 1. The van der Waals surface area contributed by atoms with Gasteiger partial charge in [0.15, 0.2) is 0 Å². The summed E-state index contributed by atoms with van der Waals surface area (Å²) in [7, 11) is 0. The van der Waals surface area contributed by atoms with E-state index >= 15 is 0 Å². The van der Waals surface area contributed by atoms with Gasteiger partial charge in [0.2, 0.25) is 0 Å². The molecule has 134 valence electrons. The van der Waals surface area contributed by atoms with Gasteiger partial charge in [-0.05, 0) is 43.2 Å². The first-order valence-corrected chi connectivity index (χ1v) is 8.10. The molecule has 1 fully saturated rings. The highest BCUT2D eigenvalue weighted by Gasteiger charge is 2.42. The van der Waals surface area contributed by atoms with Crippen molar-refractivity contribution in [3.63, 3.8) is 0 Å². The van der Waals surface area contributed by atoms with Gasteiger partial charge in [-0.1, -0.05) is 18.6 Å². The highest BCUT2D eigenvalue weighted by Crippen LogP contribution is 2.39. The summed E-state index contributed by atoms with van der Waals surface area (Å²) in [6.45, 7) is 0. The molecule has 24 heavy (non-hydrogen) atoms. The third-order valence-corrected chi connectivity index (χ3v) is 4.64. The molecular formula is C15H15F6NOS. The highest BCUT2D eigenvalue weighted by molar-refractivity contribution is 8.00. The largest absolute Gasteiger partial charge is 0.446 e. The number of carbonyl (C=O) groups is 1. The first-order chi connectivity index (χ1) is 11.1. The average Bonchev–Trinajstić information content (AvgIpc) is 2.45. The predicted octanol–water partition coefficient (Wildman–Crippen LogP) is 5.15. The van der Waals surface area contributed by atoms with Gasteiger partial charge in [0, 0.05) is 10.9 Å². The summed E-state index contributed by atoms with van der Waals surface area (Å²) >= 11 is -0.418. The van der Waals surface area contributed by atoms with Gasteiger partial charge in [-0.15, -0.1) is 0 Å². The molecule has 1 aromatic carbocycles. The molecule has 0 aromatic heterocycles. The van der Waals surface area contributed by atoms with Crippen molar-refractivity contribution in [1.29, 1.82) is 0 Å². The standard InChI is InChI=1S/C15H15F6NOS/c16-14(17,18)9-4-3-5-10(8-9)22-13(23)11-6-1-2-7-12(11)24-15(19,20)21/h1-2,6-7,9-10H,3-5,8H2,(H,22,23). The molecule has 2 atom stereocenters. The van der Waals surface area contributed by atoms with Crippen molar-refractivity contribution in [2.24, 2.45) is 5.92 Å². The molecule has 1 aromatic rings. The van der Waals surface area contributed by atoms with Crippen LogP contribution in [-0.4, -0.2) is 23.6 Å². The molecule has 1 amide bonds. The van der Waals surface area contributed by atoms with Crippen LogP contribution in [0.15, 0.2) is 29.2 Å². The van der Waals surface area contributed by atoms with Crippen molar-refractivity contribution in [3.05, 3.63) is 29.8 Å². The number of thioether (sulfide) groups is 1. The molecule has 0 aliphatic heterocycles. The number of rotatable bonds is 3. The van der Waals surface area contributed by atoms with Crippen LogP contribution in [0, 0.1) is 5.92 Å². The number of alkyl halides is 6. The van der Waals surface area contributed by atoms with Crippen LogP contribution >= 0.6 is 11.8 Å². The third kappa shape index (κ3) is 5.32. The minimum Gasteiger partial charge on any atom is -0.349 e. The van der Waals surface area contributed by atoms with E-state index in [0.29, 0.717) is 12.8 Å². The Bertz CT molecular complexity index is 586. The molecule has 0 heterocycles. The zero-order valence-corrected chi connectivity index (χ0v) is 13.2. The minimum atomic E-state index is -4.55. The molecule has 2 rings (SSSR count). The highest BCUT2D eigenvalue weighted by atomic mass is 32.2. The summed E-state index contributed by atoms with van der Waals surface area (Å²) < 4.78 is 75.9. The molecule has 1 aliphatic carbocycles. The number of benzene rings is 1. The molecule has 2 nitrogen and oxygen atoms in total. The monoisotopic (exact) mass is 371 g/mol. The third-order valence-electron chi connectivity index (χ3n) is 3.83. The van der Waals surface area contributed by atoms with Crippen molar-refractivity contribution in [2.45, 2.75) is 48.3 Å². The maximum atomic E-state index is 12.8. The number of hydrogen-bond acceptors (Lipinski definition) is 2. The van der Waals surface area contributed by atoms with Gasteiger partial charge in [0.25, 0.3) is 5.91 Å². The van der Waals surface area contributed by atoms with Gasteiger partial charge in [0.1, 0.15) is 0 Å². The molecule has 0 bridgehead atoms. The maximum absolute atomic E-state index is 12.8. The van der Waals surface area contributed by atoms with E-state index in [1.807, 2.05) is 0 Å². The summed E-state index contributed by atoms with van der Waals surface area (Å²) in [5.41, 5.74) is -4.74. The number of carbonyl (C=O) groups excluding carboxylic acids is 1. The SMILES string of the molecule is O=C(NC1CCCC(C(F)(F)F)C1)c1ccccc1SC(F)(F)F. The van der Waals surface area contributed by atoms with E-state index < -0.39 is 41.3 Å². The normalized spacial score (nSPS) is 22.2. The fourth-order valence-corrected chi connectivity index (χ4v) is 3.42. The summed E-state index contributed by atoms with van der Waals surface area (Å²) in [5, 5.41) is 2.44. The van der Waals surface area contributed by atoms with Crippen molar-refractivity contribution >= 4 is 17.7 Å². The van der Waals surface area contributed by atoms with E-state index in [-0.39, 0.29) is 23.3 Å². The lowest BCUT2D eigenvalue weighted by atomic mass is 9.85. The number of nitrogens with one attached hydrogen (secondary N) is 1. The van der Waals surface area contributed by atoms with Crippen LogP contribution in [0.5, 0.6) is 0 Å². The Kier molecular flexibility index (Phi) is 5.72. The summed E-state index contributed by atoms with van der Waals surface area (Å²) in [6, 6.07) is 4.47. The van der Waals surface area contributed by atoms with Crippen LogP contribution in [-0.2, 0) is 0 Å². The topological polar surface area (TPSA) is 29.1 Å². The Morgan fingerprint density at radius 1 is 1.08 bits per heavy atom. The molecule has 1 saturated carbocycles. The smallest absolute Gasteiger partial charge is 0.349 e. The van der Waals surface area contributed by atoms with E-state index in [1.165, 1.54) is 18.2 Å². The first-order valence-electron chi connectivity index (χ1n) is 7.28. The van der Waals surface area contributed by atoms with Gasteiger partial charge in [0.05, 0.1) is 11.5 Å². The lowest BCUT2D eigenvalue weighted by Crippen LogP contribution is -2.41. The van der Waals surface area contributed by atoms with Gasteiger partial charge < -0.3 is 5.32 Å². The molecule has 1 aliphatic rings.